The van der Waals surface area contributed by atoms with Gasteiger partial charge in [-0.05, 0) is 42.3 Å². The number of carbonyl (C=O) groups is 4. The van der Waals surface area contributed by atoms with E-state index in [9.17, 15) is 19.2 Å². The molecule has 0 aliphatic carbocycles. The molecule has 0 radical (unpaired) electrons. The van der Waals surface area contributed by atoms with Gasteiger partial charge in [-0.2, -0.15) is 0 Å². The van der Waals surface area contributed by atoms with E-state index in [-0.39, 0.29) is 29.4 Å². The third kappa shape index (κ3) is 4.23. The first-order valence-electron chi connectivity index (χ1n) is 8.45. The summed E-state index contributed by atoms with van der Waals surface area (Å²) in [5.74, 6) is -0.940. The number of hydrogen-bond acceptors (Lipinski definition) is 6. The molecule has 1 aliphatic rings. The highest BCUT2D eigenvalue weighted by molar-refractivity contribution is 8.14. The molecular weight excluding hydrogens is 380 g/mol. The van der Waals surface area contributed by atoms with Gasteiger partial charge in [-0.15, -0.1) is 0 Å². The number of rotatable bonds is 5. The Morgan fingerprint density at radius 3 is 2.61 bits per heavy atom. The van der Waals surface area contributed by atoms with Crippen LogP contribution in [0.5, 0.6) is 0 Å². The van der Waals surface area contributed by atoms with Crippen LogP contribution in [-0.2, 0) is 16.1 Å². The summed E-state index contributed by atoms with van der Waals surface area (Å²) in [5.41, 5.74) is 2.69. The van der Waals surface area contributed by atoms with E-state index in [2.05, 4.69) is 5.32 Å². The maximum absolute atomic E-state index is 12.7. The van der Waals surface area contributed by atoms with Gasteiger partial charge in [-0.1, -0.05) is 30.0 Å². The van der Waals surface area contributed by atoms with Gasteiger partial charge in [0.05, 0.1) is 25.0 Å². The van der Waals surface area contributed by atoms with Crippen molar-refractivity contribution in [3.63, 3.8) is 0 Å². The number of aryl methyl sites for hydroxylation is 1. The number of imide groups is 1. The number of methoxy groups -OCH3 is 1. The van der Waals surface area contributed by atoms with Crippen molar-refractivity contribution in [2.45, 2.75) is 13.5 Å². The molecule has 1 fully saturated rings. The monoisotopic (exact) mass is 398 g/mol. The number of esters is 1. The van der Waals surface area contributed by atoms with Crippen molar-refractivity contribution in [3.8, 4) is 0 Å². The lowest BCUT2D eigenvalue weighted by Crippen LogP contribution is -2.28. The zero-order chi connectivity index (χ0) is 20.3. The molecule has 1 saturated heterocycles. The zero-order valence-corrected chi connectivity index (χ0v) is 16.2. The minimum atomic E-state index is -0.490. The second-order valence-electron chi connectivity index (χ2n) is 6.21. The van der Waals surface area contributed by atoms with Crippen molar-refractivity contribution in [2.75, 3.05) is 18.2 Å². The molecule has 1 aliphatic heterocycles. The number of hydrogen-bond donors (Lipinski definition) is 1. The van der Waals surface area contributed by atoms with Crippen LogP contribution in [0.2, 0.25) is 0 Å². The Hall–Kier alpha value is -3.13. The lowest BCUT2D eigenvalue weighted by Gasteiger charge is -2.14. The third-order valence-electron chi connectivity index (χ3n) is 4.28. The molecule has 2 aromatic rings. The van der Waals surface area contributed by atoms with E-state index >= 15 is 0 Å². The van der Waals surface area contributed by atoms with Crippen molar-refractivity contribution in [1.82, 2.24) is 4.90 Å². The van der Waals surface area contributed by atoms with Gasteiger partial charge in [0.25, 0.3) is 11.1 Å². The standard InChI is InChI=1S/C20H18N2O5S/c1-12-6-7-15(19(25)27-2)9-16(12)21-18(24)14-5-3-4-13(8-14)10-22-17(23)11-28-20(22)26/h3-9H,10-11H2,1-2H3,(H,21,24). The van der Waals surface area contributed by atoms with Gasteiger partial charge in [-0.25, -0.2) is 4.79 Å². The van der Waals surface area contributed by atoms with Gasteiger partial charge in [0, 0.05) is 11.3 Å². The summed E-state index contributed by atoms with van der Waals surface area (Å²) in [4.78, 5) is 49.0. The van der Waals surface area contributed by atoms with Crippen molar-refractivity contribution in [2.24, 2.45) is 0 Å². The van der Waals surface area contributed by atoms with E-state index in [1.54, 1.807) is 42.5 Å². The van der Waals surface area contributed by atoms with Crippen molar-refractivity contribution in [1.29, 1.82) is 0 Å². The van der Waals surface area contributed by atoms with Crippen molar-refractivity contribution >= 4 is 40.5 Å². The Kier molecular flexibility index (Phi) is 5.79. The Morgan fingerprint density at radius 1 is 1.14 bits per heavy atom. The van der Waals surface area contributed by atoms with Crippen LogP contribution >= 0.6 is 11.8 Å². The van der Waals surface area contributed by atoms with Gasteiger partial charge >= 0.3 is 5.97 Å². The summed E-state index contributed by atoms with van der Waals surface area (Å²) in [6.07, 6.45) is 0. The normalized spacial score (nSPS) is 13.6. The second kappa shape index (κ2) is 8.26. The predicted molar refractivity (Wildman–Crippen MR) is 105 cm³/mol. The molecule has 0 unspecified atom stereocenters. The van der Waals surface area contributed by atoms with Crippen LogP contribution in [0.1, 0.15) is 31.8 Å². The lowest BCUT2D eigenvalue weighted by molar-refractivity contribution is -0.125. The third-order valence-corrected chi connectivity index (χ3v) is 5.14. The summed E-state index contributed by atoms with van der Waals surface area (Å²) in [5, 5.41) is 2.50. The summed E-state index contributed by atoms with van der Waals surface area (Å²) >= 11 is 0.972. The molecule has 0 saturated carbocycles. The minimum absolute atomic E-state index is 0.128. The molecule has 1 N–H and O–H groups in total. The molecule has 144 valence electrons. The van der Waals surface area contributed by atoms with Gasteiger partial charge in [0.1, 0.15) is 0 Å². The second-order valence-corrected chi connectivity index (χ2v) is 7.14. The van der Waals surface area contributed by atoms with E-state index < -0.39 is 5.97 Å². The molecule has 1 heterocycles. The summed E-state index contributed by atoms with van der Waals surface area (Å²) in [6, 6.07) is 11.6. The number of thioether (sulfide) groups is 1. The molecule has 7 nitrogen and oxygen atoms in total. The summed E-state index contributed by atoms with van der Waals surface area (Å²) in [6.45, 7) is 1.94. The SMILES string of the molecule is COC(=O)c1ccc(C)c(NC(=O)c2cccc(CN3C(=O)CSC3=O)c2)c1. The van der Waals surface area contributed by atoms with E-state index in [0.29, 0.717) is 22.4 Å². The predicted octanol–water partition coefficient (Wildman–Crippen LogP) is 3.23. The Morgan fingerprint density at radius 2 is 1.93 bits per heavy atom. The van der Waals surface area contributed by atoms with Crippen molar-refractivity contribution in [3.05, 3.63) is 64.7 Å². The number of nitrogens with one attached hydrogen (secondary N) is 1. The van der Waals surface area contributed by atoms with Crippen LogP contribution in [0, 0.1) is 6.92 Å². The van der Waals surface area contributed by atoms with E-state index in [1.165, 1.54) is 12.0 Å². The molecule has 0 aromatic heterocycles. The first-order valence-corrected chi connectivity index (χ1v) is 9.44. The first kappa shape index (κ1) is 19.6. The molecule has 28 heavy (non-hydrogen) atoms. The van der Waals surface area contributed by atoms with Gasteiger partial charge in [0.15, 0.2) is 0 Å². The minimum Gasteiger partial charge on any atom is -0.465 e. The van der Waals surface area contributed by atoms with Crippen LogP contribution in [0.25, 0.3) is 0 Å². The highest BCUT2D eigenvalue weighted by atomic mass is 32.2. The fourth-order valence-corrected chi connectivity index (χ4v) is 3.45. The average molecular weight is 398 g/mol. The largest absolute Gasteiger partial charge is 0.465 e. The molecular formula is C20H18N2O5S. The molecule has 0 bridgehead atoms. The number of nitrogens with zero attached hydrogens (tertiary/aromatic N) is 1. The quantitative estimate of drug-likeness (QED) is 0.778. The van der Waals surface area contributed by atoms with Crippen LogP contribution in [0.4, 0.5) is 10.5 Å². The van der Waals surface area contributed by atoms with Gasteiger partial charge in [0.2, 0.25) is 5.91 Å². The number of carbonyl (C=O) groups excluding carboxylic acids is 4. The zero-order valence-electron chi connectivity index (χ0n) is 15.4. The number of amides is 3. The fourth-order valence-electron chi connectivity index (χ4n) is 2.72. The summed E-state index contributed by atoms with van der Waals surface area (Å²) < 4.78 is 4.70. The Labute approximate surface area is 166 Å². The smallest absolute Gasteiger partial charge is 0.337 e. The number of anilines is 1. The molecule has 3 rings (SSSR count). The van der Waals surface area contributed by atoms with E-state index in [0.717, 1.165) is 17.3 Å². The Bertz CT molecular complexity index is 957. The molecule has 8 heteroatoms. The molecule has 3 amide bonds. The Balaban J connectivity index is 1.77. The van der Waals surface area contributed by atoms with Crippen molar-refractivity contribution < 1.29 is 23.9 Å². The van der Waals surface area contributed by atoms with Gasteiger partial charge in [-0.3, -0.25) is 19.3 Å². The number of benzene rings is 2. The van der Waals surface area contributed by atoms with Crippen LogP contribution in [0.3, 0.4) is 0 Å². The highest BCUT2D eigenvalue weighted by Gasteiger charge is 2.29. The maximum Gasteiger partial charge on any atom is 0.337 e. The fraction of sp³-hybridized carbons (Fsp3) is 0.200. The molecule has 0 atom stereocenters. The lowest BCUT2D eigenvalue weighted by atomic mass is 10.1. The van der Waals surface area contributed by atoms with Crippen LogP contribution in [0.15, 0.2) is 42.5 Å². The number of ether oxygens (including phenoxy) is 1. The average Bonchev–Trinajstić information content (AvgIpc) is 3.01. The first-order chi connectivity index (χ1) is 13.4. The topological polar surface area (TPSA) is 92.8 Å². The maximum atomic E-state index is 12.7. The van der Waals surface area contributed by atoms with Crippen LogP contribution in [-0.4, -0.2) is 40.8 Å². The highest BCUT2D eigenvalue weighted by Crippen LogP contribution is 2.22. The van der Waals surface area contributed by atoms with E-state index in [4.69, 9.17) is 4.74 Å². The van der Waals surface area contributed by atoms with E-state index in [1.807, 2.05) is 6.92 Å². The van der Waals surface area contributed by atoms with Gasteiger partial charge < -0.3 is 10.1 Å². The molecule has 0 spiro atoms. The molecule has 2 aromatic carbocycles. The van der Waals surface area contributed by atoms with Crippen LogP contribution < -0.4 is 5.32 Å². The summed E-state index contributed by atoms with van der Waals surface area (Å²) in [7, 11) is 1.29.